The number of nitrogens with zero attached hydrogens (tertiary/aromatic N) is 1. The van der Waals surface area contributed by atoms with Crippen LogP contribution in [0.15, 0.2) is 18.2 Å². The second kappa shape index (κ2) is 3.36. The molecule has 0 amide bonds. The van der Waals surface area contributed by atoms with Crippen molar-refractivity contribution >= 4 is 5.69 Å². The lowest BCUT2D eigenvalue weighted by atomic mass is 9.80. The fraction of sp³-hybridized carbons (Fsp3) is 0.400. The van der Waals surface area contributed by atoms with Crippen molar-refractivity contribution in [2.24, 2.45) is 0 Å². The van der Waals surface area contributed by atoms with E-state index >= 15 is 0 Å². The number of nitro benzene ring substituents is 1. The van der Waals surface area contributed by atoms with Crippen LogP contribution in [0.5, 0.6) is 0 Å². The Kier molecular flexibility index (Phi) is 2.19. The van der Waals surface area contributed by atoms with Gasteiger partial charge in [0.15, 0.2) is 0 Å². The molecule has 2 rings (SSSR count). The molecule has 0 aromatic heterocycles. The zero-order valence-corrected chi connectivity index (χ0v) is 7.57. The molecule has 4 heteroatoms. The van der Waals surface area contributed by atoms with Crippen molar-refractivity contribution in [3.05, 3.63) is 39.7 Å². The molecule has 74 valence electrons. The molecule has 14 heavy (non-hydrogen) atoms. The van der Waals surface area contributed by atoms with Crippen molar-refractivity contribution in [2.75, 3.05) is 0 Å². The number of hydrogen-bond donors (Lipinski definition) is 0. The number of hydrogen-bond acceptors (Lipinski definition) is 2. The molecule has 1 saturated carbocycles. The van der Waals surface area contributed by atoms with E-state index in [1.54, 1.807) is 6.07 Å². The minimum Gasteiger partial charge on any atom is -0.258 e. The van der Waals surface area contributed by atoms with Crippen LogP contribution in [0.1, 0.15) is 30.7 Å². The molecule has 0 atom stereocenters. The van der Waals surface area contributed by atoms with Gasteiger partial charge in [-0.15, -0.1) is 0 Å². The Hall–Kier alpha value is -1.45. The molecule has 1 aromatic rings. The zero-order valence-electron chi connectivity index (χ0n) is 7.57. The Bertz CT molecular complexity index is 374. The third-order valence-corrected chi connectivity index (χ3v) is 2.74. The summed E-state index contributed by atoms with van der Waals surface area (Å²) in [4.78, 5) is 9.80. The van der Waals surface area contributed by atoms with Crippen molar-refractivity contribution < 1.29 is 9.31 Å². The highest BCUT2D eigenvalue weighted by molar-refractivity contribution is 5.38. The molecular formula is C10H10FNO2. The van der Waals surface area contributed by atoms with E-state index in [4.69, 9.17) is 0 Å². The van der Waals surface area contributed by atoms with Gasteiger partial charge in [0.05, 0.1) is 4.92 Å². The molecule has 0 saturated heterocycles. The molecule has 3 nitrogen and oxygen atoms in total. The summed E-state index contributed by atoms with van der Waals surface area (Å²) >= 11 is 0. The fourth-order valence-electron chi connectivity index (χ4n) is 1.67. The number of rotatable bonds is 2. The maximum absolute atomic E-state index is 13.0. The van der Waals surface area contributed by atoms with Gasteiger partial charge in [-0.3, -0.25) is 10.1 Å². The molecular weight excluding hydrogens is 185 g/mol. The van der Waals surface area contributed by atoms with Gasteiger partial charge in [0.25, 0.3) is 0 Å². The molecule has 0 radical (unpaired) electrons. The molecule has 0 heterocycles. The van der Waals surface area contributed by atoms with E-state index in [-0.39, 0.29) is 0 Å². The van der Waals surface area contributed by atoms with Gasteiger partial charge in [-0.1, -0.05) is 12.5 Å². The first-order valence-corrected chi connectivity index (χ1v) is 4.62. The molecule has 1 aliphatic rings. The van der Waals surface area contributed by atoms with Crippen LogP contribution in [-0.4, -0.2) is 4.92 Å². The summed E-state index contributed by atoms with van der Waals surface area (Å²) in [6, 6.07) is 4.19. The van der Waals surface area contributed by atoms with Crippen molar-refractivity contribution in [1.29, 1.82) is 0 Å². The summed E-state index contributed by atoms with van der Waals surface area (Å²) in [7, 11) is 0. The Morgan fingerprint density at radius 3 is 2.64 bits per heavy atom. The first-order chi connectivity index (χ1) is 6.68. The first kappa shape index (κ1) is 9.12. The highest BCUT2D eigenvalue weighted by atomic mass is 19.1. The van der Waals surface area contributed by atoms with E-state index in [2.05, 4.69) is 0 Å². The lowest BCUT2D eigenvalue weighted by Gasteiger charge is -2.25. The molecule has 0 spiro atoms. The van der Waals surface area contributed by atoms with Gasteiger partial charge < -0.3 is 0 Å². The number of halogens is 1. The zero-order chi connectivity index (χ0) is 10.1. The topological polar surface area (TPSA) is 43.1 Å². The molecule has 0 unspecified atom stereocenters. The SMILES string of the molecule is O=[N+]([O-])c1cc(C2CCC2)ccc1F. The van der Waals surface area contributed by atoms with Gasteiger partial charge >= 0.3 is 5.69 Å². The molecule has 0 bridgehead atoms. The smallest absolute Gasteiger partial charge is 0.258 e. The lowest BCUT2D eigenvalue weighted by Crippen LogP contribution is -2.09. The third kappa shape index (κ3) is 1.47. The Morgan fingerprint density at radius 2 is 2.14 bits per heavy atom. The highest BCUT2D eigenvalue weighted by Gasteiger charge is 2.23. The van der Waals surface area contributed by atoms with Gasteiger partial charge in [-0.25, -0.2) is 0 Å². The normalized spacial score (nSPS) is 16.4. The Morgan fingerprint density at radius 1 is 1.43 bits per heavy atom. The van der Waals surface area contributed by atoms with Crippen LogP contribution < -0.4 is 0 Å². The quantitative estimate of drug-likeness (QED) is 0.537. The van der Waals surface area contributed by atoms with Gasteiger partial charge in [0.1, 0.15) is 0 Å². The minimum absolute atomic E-state index is 0.397. The number of benzene rings is 1. The van der Waals surface area contributed by atoms with Crippen molar-refractivity contribution in [1.82, 2.24) is 0 Å². The van der Waals surface area contributed by atoms with Crippen LogP contribution in [0.4, 0.5) is 10.1 Å². The van der Waals surface area contributed by atoms with E-state index in [0.29, 0.717) is 5.92 Å². The Balaban J connectivity index is 2.34. The standard InChI is InChI=1S/C10H10FNO2/c11-9-5-4-8(7-2-1-3-7)6-10(9)12(13)14/h4-7H,1-3H2. The van der Waals surface area contributed by atoms with Crippen LogP contribution >= 0.6 is 0 Å². The summed E-state index contributed by atoms with van der Waals surface area (Å²) in [5.74, 6) is -0.354. The largest absolute Gasteiger partial charge is 0.305 e. The van der Waals surface area contributed by atoms with Crippen molar-refractivity contribution in [2.45, 2.75) is 25.2 Å². The third-order valence-electron chi connectivity index (χ3n) is 2.74. The summed E-state index contributed by atoms with van der Waals surface area (Å²) in [6.07, 6.45) is 3.28. The fourth-order valence-corrected chi connectivity index (χ4v) is 1.67. The number of nitro groups is 1. The second-order valence-corrected chi connectivity index (χ2v) is 3.60. The highest BCUT2D eigenvalue weighted by Crippen LogP contribution is 2.37. The van der Waals surface area contributed by atoms with E-state index in [9.17, 15) is 14.5 Å². The summed E-state index contributed by atoms with van der Waals surface area (Å²) in [5.41, 5.74) is 0.485. The predicted octanol–water partition coefficient (Wildman–Crippen LogP) is 3.00. The van der Waals surface area contributed by atoms with Crippen LogP contribution in [0.2, 0.25) is 0 Å². The maximum Gasteiger partial charge on any atom is 0.305 e. The summed E-state index contributed by atoms with van der Waals surface area (Å²) in [5, 5.41) is 10.5. The predicted molar refractivity (Wildman–Crippen MR) is 49.6 cm³/mol. The van der Waals surface area contributed by atoms with Gasteiger partial charge in [-0.05, 0) is 30.4 Å². The van der Waals surface area contributed by atoms with Gasteiger partial charge in [0, 0.05) is 6.07 Å². The van der Waals surface area contributed by atoms with Crippen LogP contribution in [0, 0.1) is 15.9 Å². The van der Waals surface area contributed by atoms with E-state index < -0.39 is 16.4 Å². The van der Waals surface area contributed by atoms with Crippen molar-refractivity contribution in [3.8, 4) is 0 Å². The molecule has 1 aliphatic carbocycles. The molecule has 0 aliphatic heterocycles. The molecule has 0 N–H and O–H groups in total. The minimum atomic E-state index is -0.752. The monoisotopic (exact) mass is 195 g/mol. The van der Waals surface area contributed by atoms with Crippen LogP contribution in [-0.2, 0) is 0 Å². The van der Waals surface area contributed by atoms with Crippen LogP contribution in [0.25, 0.3) is 0 Å². The second-order valence-electron chi connectivity index (χ2n) is 3.60. The molecule has 1 aromatic carbocycles. The summed E-state index contributed by atoms with van der Waals surface area (Å²) < 4.78 is 13.0. The maximum atomic E-state index is 13.0. The van der Waals surface area contributed by atoms with Crippen molar-refractivity contribution in [3.63, 3.8) is 0 Å². The van der Waals surface area contributed by atoms with E-state index in [0.717, 1.165) is 24.8 Å². The first-order valence-electron chi connectivity index (χ1n) is 4.62. The average molecular weight is 195 g/mol. The van der Waals surface area contributed by atoms with E-state index in [1.807, 2.05) is 0 Å². The molecule has 1 fully saturated rings. The van der Waals surface area contributed by atoms with Gasteiger partial charge in [-0.2, -0.15) is 4.39 Å². The lowest BCUT2D eigenvalue weighted by molar-refractivity contribution is -0.387. The Labute approximate surface area is 80.7 Å². The van der Waals surface area contributed by atoms with E-state index in [1.165, 1.54) is 12.1 Å². The van der Waals surface area contributed by atoms with Gasteiger partial charge in [0.2, 0.25) is 5.82 Å². The van der Waals surface area contributed by atoms with Crippen LogP contribution in [0.3, 0.4) is 0 Å². The average Bonchev–Trinajstić information content (AvgIpc) is 2.04. The summed E-state index contributed by atoms with van der Waals surface area (Å²) in [6.45, 7) is 0.